The van der Waals surface area contributed by atoms with E-state index in [0.29, 0.717) is 18.8 Å². The van der Waals surface area contributed by atoms with Crippen LogP contribution in [0.15, 0.2) is 11.0 Å². The Balaban J connectivity index is 2.09. The summed E-state index contributed by atoms with van der Waals surface area (Å²) >= 11 is 6.01. The molecule has 0 atom stereocenters. The van der Waals surface area contributed by atoms with Crippen LogP contribution in [-0.4, -0.2) is 27.0 Å². The molecule has 2 N–H and O–H groups in total. The fourth-order valence-electron chi connectivity index (χ4n) is 1.98. The predicted octanol–water partition coefficient (Wildman–Crippen LogP) is 1.63. The highest BCUT2D eigenvalue weighted by Crippen LogP contribution is 2.32. The molecule has 0 aromatic carbocycles. The van der Waals surface area contributed by atoms with Gasteiger partial charge in [0.1, 0.15) is 5.02 Å². The predicted molar refractivity (Wildman–Crippen MR) is 71.1 cm³/mol. The standard InChI is InChI=1S/C12H18ClN3O2/c1-2-6-16-11(17)10(13)9(7-15-16)14-8-12(18)4-3-5-12/h7,14,18H,2-6,8H2,1H3. The number of aliphatic hydroxyl groups is 1. The SMILES string of the molecule is CCCn1ncc(NCC2(O)CCC2)c(Cl)c1=O. The van der Waals surface area contributed by atoms with Crippen molar-refractivity contribution < 1.29 is 5.11 Å². The van der Waals surface area contributed by atoms with Gasteiger partial charge in [0.25, 0.3) is 5.56 Å². The highest BCUT2D eigenvalue weighted by molar-refractivity contribution is 6.32. The normalized spacial score (nSPS) is 17.3. The molecule has 0 saturated heterocycles. The van der Waals surface area contributed by atoms with Gasteiger partial charge in [0.05, 0.1) is 17.5 Å². The van der Waals surface area contributed by atoms with Gasteiger partial charge >= 0.3 is 0 Å². The summed E-state index contributed by atoms with van der Waals surface area (Å²) in [5, 5.41) is 17.2. The Kier molecular flexibility index (Phi) is 3.92. The zero-order chi connectivity index (χ0) is 13.2. The first-order valence-corrected chi connectivity index (χ1v) is 6.65. The first kappa shape index (κ1) is 13.4. The average Bonchev–Trinajstić information content (AvgIpc) is 2.32. The van der Waals surface area contributed by atoms with Gasteiger partial charge in [-0.05, 0) is 25.7 Å². The topological polar surface area (TPSA) is 67.2 Å². The Bertz CT molecular complexity index is 483. The molecule has 0 bridgehead atoms. The summed E-state index contributed by atoms with van der Waals surface area (Å²) in [6.07, 6.45) is 5.00. The van der Waals surface area contributed by atoms with E-state index in [1.807, 2.05) is 6.92 Å². The maximum atomic E-state index is 11.9. The van der Waals surface area contributed by atoms with Crippen molar-refractivity contribution in [1.29, 1.82) is 0 Å². The zero-order valence-corrected chi connectivity index (χ0v) is 11.2. The van der Waals surface area contributed by atoms with Gasteiger partial charge in [0, 0.05) is 13.1 Å². The fraction of sp³-hybridized carbons (Fsp3) is 0.667. The number of aromatic nitrogens is 2. The Labute approximate surface area is 111 Å². The first-order valence-electron chi connectivity index (χ1n) is 6.27. The second kappa shape index (κ2) is 5.28. The van der Waals surface area contributed by atoms with Crippen molar-refractivity contribution in [2.75, 3.05) is 11.9 Å². The molecule has 5 nitrogen and oxygen atoms in total. The number of nitrogens with zero attached hydrogens (tertiary/aromatic N) is 2. The molecular weight excluding hydrogens is 254 g/mol. The van der Waals surface area contributed by atoms with Gasteiger partial charge in [-0.1, -0.05) is 18.5 Å². The van der Waals surface area contributed by atoms with Crippen LogP contribution in [0.3, 0.4) is 0 Å². The molecule has 1 fully saturated rings. The van der Waals surface area contributed by atoms with Gasteiger partial charge in [-0.25, -0.2) is 4.68 Å². The molecule has 0 spiro atoms. The number of anilines is 1. The maximum absolute atomic E-state index is 11.9. The largest absolute Gasteiger partial charge is 0.388 e. The third-order valence-corrected chi connectivity index (χ3v) is 3.68. The van der Waals surface area contributed by atoms with Crippen LogP contribution in [0, 0.1) is 0 Å². The van der Waals surface area contributed by atoms with Gasteiger partial charge in [-0.2, -0.15) is 5.10 Å². The minimum Gasteiger partial charge on any atom is -0.388 e. The molecule has 0 unspecified atom stereocenters. The van der Waals surface area contributed by atoms with Gasteiger partial charge < -0.3 is 10.4 Å². The minimum absolute atomic E-state index is 0.140. The molecule has 18 heavy (non-hydrogen) atoms. The number of hydrogen-bond donors (Lipinski definition) is 2. The van der Waals surface area contributed by atoms with Crippen LogP contribution in [0.25, 0.3) is 0 Å². The molecule has 1 heterocycles. The Morgan fingerprint density at radius 1 is 1.61 bits per heavy atom. The van der Waals surface area contributed by atoms with E-state index >= 15 is 0 Å². The molecule has 0 radical (unpaired) electrons. The second-order valence-corrected chi connectivity index (χ2v) is 5.21. The highest BCUT2D eigenvalue weighted by Gasteiger charge is 2.34. The molecule has 1 aromatic heterocycles. The maximum Gasteiger partial charge on any atom is 0.287 e. The molecule has 1 aliphatic rings. The van der Waals surface area contributed by atoms with E-state index in [0.717, 1.165) is 25.7 Å². The van der Waals surface area contributed by atoms with Gasteiger partial charge in [0.2, 0.25) is 0 Å². The third kappa shape index (κ3) is 2.67. The van der Waals surface area contributed by atoms with E-state index in [-0.39, 0.29) is 10.6 Å². The minimum atomic E-state index is -0.651. The number of halogens is 1. The third-order valence-electron chi connectivity index (χ3n) is 3.31. The van der Waals surface area contributed by atoms with E-state index in [2.05, 4.69) is 10.4 Å². The van der Waals surface area contributed by atoms with E-state index in [9.17, 15) is 9.90 Å². The summed E-state index contributed by atoms with van der Waals surface area (Å²) in [7, 11) is 0. The number of hydrogen-bond acceptors (Lipinski definition) is 4. The summed E-state index contributed by atoms with van der Waals surface area (Å²) in [6, 6.07) is 0. The monoisotopic (exact) mass is 271 g/mol. The summed E-state index contributed by atoms with van der Waals surface area (Å²) in [5.74, 6) is 0. The fourth-order valence-corrected chi connectivity index (χ4v) is 2.19. The number of rotatable bonds is 5. The van der Waals surface area contributed by atoms with Crippen LogP contribution >= 0.6 is 11.6 Å². The van der Waals surface area contributed by atoms with E-state index in [4.69, 9.17) is 11.6 Å². The molecule has 1 aromatic rings. The van der Waals surface area contributed by atoms with Crippen molar-refractivity contribution >= 4 is 17.3 Å². The van der Waals surface area contributed by atoms with E-state index in [1.54, 1.807) is 6.20 Å². The van der Waals surface area contributed by atoms with Crippen LogP contribution in [0.2, 0.25) is 5.02 Å². The molecule has 0 aliphatic heterocycles. The second-order valence-electron chi connectivity index (χ2n) is 4.83. The quantitative estimate of drug-likeness (QED) is 0.854. The van der Waals surface area contributed by atoms with Gasteiger partial charge in [-0.3, -0.25) is 4.79 Å². The summed E-state index contributed by atoms with van der Waals surface area (Å²) < 4.78 is 1.35. The van der Waals surface area contributed by atoms with E-state index < -0.39 is 5.60 Å². The Morgan fingerprint density at radius 3 is 2.89 bits per heavy atom. The van der Waals surface area contributed by atoms with Crippen LogP contribution in [0.1, 0.15) is 32.6 Å². The molecule has 1 saturated carbocycles. The number of nitrogens with one attached hydrogen (secondary N) is 1. The smallest absolute Gasteiger partial charge is 0.287 e. The molecule has 0 amide bonds. The average molecular weight is 272 g/mol. The van der Waals surface area contributed by atoms with Crippen LogP contribution in [0.5, 0.6) is 0 Å². The van der Waals surface area contributed by atoms with Crippen molar-refractivity contribution in [2.24, 2.45) is 0 Å². The molecule has 2 rings (SSSR count). The summed E-state index contributed by atoms with van der Waals surface area (Å²) in [4.78, 5) is 11.9. The van der Waals surface area contributed by atoms with Crippen molar-refractivity contribution in [3.05, 3.63) is 21.6 Å². The van der Waals surface area contributed by atoms with Crippen molar-refractivity contribution in [3.63, 3.8) is 0 Å². The van der Waals surface area contributed by atoms with E-state index in [1.165, 1.54) is 4.68 Å². The highest BCUT2D eigenvalue weighted by atomic mass is 35.5. The van der Waals surface area contributed by atoms with Crippen LogP contribution in [-0.2, 0) is 6.54 Å². The van der Waals surface area contributed by atoms with Gasteiger partial charge in [-0.15, -0.1) is 0 Å². The molecule has 1 aliphatic carbocycles. The van der Waals surface area contributed by atoms with Crippen LogP contribution in [0.4, 0.5) is 5.69 Å². The summed E-state index contributed by atoms with van der Waals surface area (Å²) in [6.45, 7) is 2.94. The lowest BCUT2D eigenvalue weighted by Gasteiger charge is -2.36. The summed E-state index contributed by atoms with van der Waals surface area (Å²) in [5.41, 5.74) is -0.444. The number of aryl methyl sites for hydroxylation is 1. The Morgan fingerprint density at radius 2 is 2.33 bits per heavy atom. The molecule has 6 heteroatoms. The molecule has 100 valence electrons. The van der Waals surface area contributed by atoms with Crippen molar-refractivity contribution in [2.45, 2.75) is 44.8 Å². The lowest BCUT2D eigenvalue weighted by molar-refractivity contribution is -0.0202. The zero-order valence-electron chi connectivity index (χ0n) is 10.4. The van der Waals surface area contributed by atoms with Crippen molar-refractivity contribution in [1.82, 2.24) is 9.78 Å². The van der Waals surface area contributed by atoms with Gasteiger partial charge in [0.15, 0.2) is 0 Å². The Hall–Kier alpha value is -1.07. The lowest BCUT2D eigenvalue weighted by Crippen LogP contribution is -2.43. The first-order chi connectivity index (χ1) is 8.56. The lowest BCUT2D eigenvalue weighted by atomic mass is 9.80. The van der Waals surface area contributed by atoms with Crippen molar-refractivity contribution in [3.8, 4) is 0 Å². The van der Waals surface area contributed by atoms with Crippen LogP contribution < -0.4 is 10.9 Å². The molecular formula is C12H18ClN3O2.